The molecule has 0 atom stereocenters. The third-order valence-electron chi connectivity index (χ3n) is 4.32. The summed E-state index contributed by atoms with van der Waals surface area (Å²) in [5.41, 5.74) is 5.67. The summed E-state index contributed by atoms with van der Waals surface area (Å²) in [7, 11) is 0. The molecular formula is C11H19N2S+. The Morgan fingerprint density at radius 3 is 1.86 bits per heavy atom. The van der Waals surface area contributed by atoms with Crippen molar-refractivity contribution in [3.05, 3.63) is 0 Å². The van der Waals surface area contributed by atoms with Gasteiger partial charge in [0.25, 0.3) is 5.17 Å². The van der Waals surface area contributed by atoms with Crippen molar-refractivity contribution in [3.63, 3.8) is 0 Å². The van der Waals surface area contributed by atoms with Gasteiger partial charge in [-0.15, -0.1) is 0 Å². The topological polar surface area (TPSA) is 51.6 Å². The molecule has 0 heterocycles. The first-order chi connectivity index (χ1) is 6.65. The average molecular weight is 211 g/mol. The number of amidine groups is 1. The standard InChI is InChI=1S/C11H18N2S/c12-10(13)14-11-4-7-1-8(5-11)3-9(2-7)6-11/h7-9H,1-6H2,(H3,12,13)/p+1. The lowest BCUT2D eigenvalue weighted by Crippen LogP contribution is -2.53. The minimum absolute atomic E-state index is 0.452. The summed E-state index contributed by atoms with van der Waals surface area (Å²) >= 11 is 1.78. The van der Waals surface area contributed by atoms with Crippen LogP contribution in [0.25, 0.3) is 0 Å². The maximum Gasteiger partial charge on any atom is 0.300 e. The van der Waals surface area contributed by atoms with E-state index in [1.807, 2.05) is 0 Å². The Labute approximate surface area is 89.5 Å². The molecule has 0 aliphatic heterocycles. The minimum atomic E-state index is 0.452. The van der Waals surface area contributed by atoms with Crippen molar-refractivity contribution >= 4 is 16.9 Å². The Bertz CT molecular complexity index is 239. The van der Waals surface area contributed by atoms with Crippen LogP contribution in [0.4, 0.5) is 0 Å². The monoisotopic (exact) mass is 211 g/mol. The van der Waals surface area contributed by atoms with E-state index < -0.39 is 0 Å². The molecule has 4 bridgehead atoms. The van der Waals surface area contributed by atoms with Gasteiger partial charge in [-0.3, -0.25) is 11.1 Å². The highest BCUT2D eigenvalue weighted by molar-refractivity contribution is 8.14. The van der Waals surface area contributed by atoms with E-state index in [4.69, 9.17) is 11.1 Å². The normalized spacial score (nSPS) is 49.6. The second-order valence-corrected chi connectivity index (χ2v) is 7.15. The molecule has 4 saturated carbocycles. The Kier molecular flexibility index (Phi) is 1.88. The van der Waals surface area contributed by atoms with Gasteiger partial charge in [0, 0.05) is 4.75 Å². The van der Waals surface area contributed by atoms with Gasteiger partial charge in [-0.25, -0.2) is 0 Å². The van der Waals surface area contributed by atoms with E-state index in [0.29, 0.717) is 9.91 Å². The van der Waals surface area contributed by atoms with Crippen LogP contribution in [0.15, 0.2) is 0 Å². The van der Waals surface area contributed by atoms with Crippen LogP contribution < -0.4 is 11.1 Å². The molecule has 4 rings (SSSR count). The predicted octanol–water partition coefficient (Wildman–Crippen LogP) is 0.762. The SMILES string of the molecule is NC(=[NH2+])SC12CC3CC(CC(C3)C1)C2. The summed E-state index contributed by atoms with van der Waals surface area (Å²) in [5, 5.41) is 6.26. The van der Waals surface area contributed by atoms with Crippen molar-refractivity contribution in [1.82, 2.24) is 0 Å². The molecule has 0 saturated heterocycles. The molecule has 14 heavy (non-hydrogen) atoms. The molecule has 0 radical (unpaired) electrons. The summed E-state index contributed by atoms with van der Waals surface area (Å²) in [5.74, 6) is 2.98. The summed E-state index contributed by atoms with van der Waals surface area (Å²) < 4.78 is 0.452. The molecular weight excluding hydrogens is 192 g/mol. The first kappa shape index (κ1) is 9.08. The maximum atomic E-state index is 5.67. The van der Waals surface area contributed by atoms with Crippen LogP contribution >= 0.6 is 11.8 Å². The van der Waals surface area contributed by atoms with Gasteiger partial charge < -0.3 is 0 Å². The summed E-state index contributed by atoms with van der Waals surface area (Å²) in [6, 6.07) is 0. The second-order valence-electron chi connectivity index (χ2n) is 5.60. The quantitative estimate of drug-likeness (QED) is 0.497. The number of hydrogen-bond donors (Lipinski definition) is 2. The van der Waals surface area contributed by atoms with Gasteiger partial charge in [0.15, 0.2) is 0 Å². The highest BCUT2D eigenvalue weighted by Crippen LogP contribution is 2.60. The molecule has 0 aromatic rings. The fourth-order valence-corrected chi connectivity index (χ4v) is 5.86. The number of nitrogens with two attached hydrogens (primary N) is 2. The Morgan fingerprint density at radius 2 is 1.50 bits per heavy atom. The van der Waals surface area contributed by atoms with E-state index in [-0.39, 0.29) is 0 Å². The highest BCUT2D eigenvalue weighted by Gasteiger charge is 2.52. The van der Waals surface area contributed by atoms with E-state index in [0.717, 1.165) is 17.8 Å². The van der Waals surface area contributed by atoms with E-state index in [1.165, 1.54) is 38.5 Å². The molecule has 2 nitrogen and oxygen atoms in total. The van der Waals surface area contributed by atoms with Crippen molar-refractivity contribution < 1.29 is 5.41 Å². The van der Waals surface area contributed by atoms with Crippen LogP contribution in [0.1, 0.15) is 38.5 Å². The van der Waals surface area contributed by atoms with Crippen LogP contribution in [-0.4, -0.2) is 9.91 Å². The van der Waals surface area contributed by atoms with Gasteiger partial charge in [0.05, 0.1) is 0 Å². The molecule has 0 aromatic carbocycles. The minimum Gasteiger partial charge on any atom is -0.282 e. The van der Waals surface area contributed by atoms with Crippen molar-refractivity contribution in [2.75, 3.05) is 0 Å². The molecule has 4 N–H and O–H groups in total. The number of hydrogen-bond acceptors (Lipinski definition) is 1. The molecule has 0 aromatic heterocycles. The van der Waals surface area contributed by atoms with Crippen LogP contribution in [0.2, 0.25) is 0 Å². The lowest BCUT2D eigenvalue weighted by Gasteiger charge is -2.55. The van der Waals surface area contributed by atoms with Crippen LogP contribution in [0, 0.1) is 17.8 Å². The Morgan fingerprint density at radius 1 is 1.07 bits per heavy atom. The van der Waals surface area contributed by atoms with Crippen LogP contribution in [-0.2, 0) is 0 Å². The van der Waals surface area contributed by atoms with E-state index in [9.17, 15) is 0 Å². The van der Waals surface area contributed by atoms with Gasteiger partial charge in [-0.1, -0.05) is 0 Å². The lowest BCUT2D eigenvalue weighted by molar-refractivity contribution is -0.110. The molecule has 4 aliphatic carbocycles. The summed E-state index contributed by atoms with van der Waals surface area (Å²) in [4.78, 5) is 0. The van der Waals surface area contributed by atoms with Gasteiger partial charge in [0.2, 0.25) is 0 Å². The third kappa shape index (κ3) is 1.37. The number of rotatable bonds is 1. The largest absolute Gasteiger partial charge is 0.300 e. The van der Waals surface area contributed by atoms with Crippen molar-refractivity contribution in [1.29, 1.82) is 0 Å². The molecule has 0 amide bonds. The van der Waals surface area contributed by atoms with Crippen LogP contribution in [0.3, 0.4) is 0 Å². The molecule has 78 valence electrons. The van der Waals surface area contributed by atoms with Gasteiger partial charge in [-0.05, 0) is 68.0 Å². The zero-order valence-electron chi connectivity index (χ0n) is 8.54. The molecule has 4 fully saturated rings. The first-order valence-corrected chi connectivity index (χ1v) is 6.54. The van der Waals surface area contributed by atoms with Crippen LogP contribution in [0.5, 0.6) is 0 Å². The summed E-state index contributed by atoms with van der Waals surface area (Å²) in [6.07, 6.45) is 8.60. The fraction of sp³-hybridized carbons (Fsp3) is 0.909. The molecule has 4 aliphatic rings. The zero-order valence-corrected chi connectivity index (χ0v) is 9.35. The third-order valence-corrected chi connectivity index (χ3v) is 5.49. The van der Waals surface area contributed by atoms with Crippen molar-refractivity contribution in [3.8, 4) is 0 Å². The van der Waals surface area contributed by atoms with E-state index >= 15 is 0 Å². The van der Waals surface area contributed by atoms with Gasteiger partial charge in [-0.2, -0.15) is 0 Å². The predicted molar refractivity (Wildman–Crippen MR) is 59.6 cm³/mol. The first-order valence-electron chi connectivity index (χ1n) is 5.72. The smallest absolute Gasteiger partial charge is 0.282 e. The number of thioether (sulfide) groups is 1. The maximum absolute atomic E-state index is 5.67. The fourth-order valence-electron chi connectivity index (χ4n) is 4.41. The highest BCUT2D eigenvalue weighted by atomic mass is 32.2. The van der Waals surface area contributed by atoms with Gasteiger partial charge in [0.1, 0.15) is 0 Å². The van der Waals surface area contributed by atoms with E-state index in [1.54, 1.807) is 11.8 Å². The van der Waals surface area contributed by atoms with Crippen molar-refractivity contribution in [2.24, 2.45) is 23.5 Å². The van der Waals surface area contributed by atoms with Gasteiger partial charge >= 0.3 is 0 Å². The Hall–Kier alpha value is -0.180. The zero-order chi connectivity index (χ0) is 9.76. The Balaban J connectivity index is 1.83. The van der Waals surface area contributed by atoms with E-state index in [2.05, 4.69) is 0 Å². The second kappa shape index (κ2) is 2.91. The lowest BCUT2D eigenvalue weighted by atomic mass is 9.56. The molecule has 3 heteroatoms. The molecule has 0 unspecified atom stereocenters. The summed E-state index contributed by atoms with van der Waals surface area (Å²) in [6.45, 7) is 0. The average Bonchev–Trinajstić information content (AvgIpc) is 1.96. The van der Waals surface area contributed by atoms with Crippen molar-refractivity contribution in [2.45, 2.75) is 43.3 Å². The molecule has 0 spiro atoms.